The molecule has 0 aliphatic carbocycles. The summed E-state index contributed by atoms with van der Waals surface area (Å²) in [7, 11) is -3.84. The van der Waals surface area contributed by atoms with Crippen LogP contribution in [0.25, 0.3) is 16.6 Å². The third-order valence-electron chi connectivity index (χ3n) is 4.40. The van der Waals surface area contributed by atoms with Crippen LogP contribution in [0.1, 0.15) is 10.4 Å². The van der Waals surface area contributed by atoms with Gasteiger partial charge < -0.3 is 15.8 Å². The summed E-state index contributed by atoms with van der Waals surface area (Å²) in [5.74, 6) is -1.09. The van der Waals surface area contributed by atoms with E-state index < -0.39 is 15.9 Å². The van der Waals surface area contributed by atoms with E-state index in [1.54, 1.807) is 18.2 Å². The highest BCUT2D eigenvalue weighted by Crippen LogP contribution is 2.37. The molecule has 0 fully saturated rings. The number of halogens is 1. The number of benzene rings is 2. The summed E-state index contributed by atoms with van der Waals surface area (Å²) in [4.78, 5) is 15.1. The quantitative estimate of drug-likeness (QED) is 0.340. The van der Waals surface area contributed by atoms with Crippen LogP contribution in [0.3, 0.4) is 0 Å². The molecule has 0 aliphatic heterocycles. The lowest BCUT2D eigenvalue weighted by Crippen LogP contribution is -2.12. The Morgan fingerprint density at radius 3 is 2.58 bits per heavy atom. The van der Waals surface area contributed by atoms with Crippen LogP contribution < -0.4 is 10.9 Å². The molecule has 0 atom stereocenters. The molecule has 2 aromatic carbocycles. The van der Waals surface area contributed by atoms with Crippen molar-refractivity contribution in [2.24, 2.45) is 15.4 Å². The Balaban J connectivity index is 1.63. The van der Waals surface area contributed by atoms with Crippen LogP contribution in [-0.2, 0) is 10.0 Å². The average Bonchev–Trinajstić information content (AvgIpc) is 3.24. The molecule has 0 spiro atoms. The number of nitrogens with two attached hydrogens (primary N) is 2. The number of hydrogen-bond donors (Lipinski definition) is 4. The molecule has 2 aromatic heterocycles. The summed E-state index contributed by atoms with van der Waals surface area (Å²) in [6.07, 6.45) is 1.20. The molecule has 158 valence electrons. The number of carbonyl (C=O) groups excluding carboxylic acids is 1. The van der Waals surface area contributed by atoms with Gasteiger partial charge in [-0.1, -0.05) is 11.6 Å². The number of aromatic hydroxyl groups is 1. The van der Waals surface area contributed by atoms with E-state index in [2.05, 4.69) is 20.3 Å². The molecule has 11 nitrogen and oxygen atoms in total. The number of carbonyl (C=O) groups is 1. The molecule has 13 heteroatoms. The molecule has 4 rings (SSSR count). The summed E-state index contributed by atoms with van der Waals surface area (Å²) in [6, 6.07) is 10.3. The number of aromatic amines is 1. The minimum Gasteiger partial charge on any atom is -0.493 e. The van der Waals surface area contributed by atoms with Crippen molar-refractivity contribution >= 4 is 49.9 Å². The molecule has 0 bridgehead atoms. The van der Waals surface area contributed by atoms with Crippen LogP contribution >= 0.6 is 11.6 Å². The lowest BCUT2D eigenvalue weighted by atomic mass is 10.2. The smallest absolute Gasteiger partial charge is 0.300 e. The topological polar surface area (TPSA) is 182 Å². The minimum atomic E-state index is -3.84. The van der Waals surface area contributed by atoms with Crippen molar-refractivity contribution in [2.45, 2.75) is 4.90 Å². The fraction of sp³-hybridized carbons (Fsp3) is 0. The van der Waals surface area contributed by atoms with Gasteiger partial charge in [-0.2, -0.15) is 5.10 Å². The van der Waals surface area contributed by atoms with Gasteiger partial charge in [-0.05, 0) is 42.5 Å². The zero-order valence-corrected chi connectivity index (χ0v) is 17.1. The van der Waals surface area contributed by atoms with Crippen LogP contribution in [0.2, 0.25) is 5.02 Å². The maximum atomic E-state index is 12.5. The van der Waals surface area contributed by atoms with Gasteiger partial charge >= 0.3 is 5.91 Å². The number of hydrogen-bond acceptors (Lipinski definition) is 7. The first kappa shape index (κ1) is 20.5. The largest absolute Gasteiger partial charge is 0.493 e. The van der Waals surface area contributed by atoms with E-state index >= 15 is 0 Å². The molecule has 0 saturated heterocycles. The van der Waals surface area contributed by atoms with E-state index in [9.17, 15) is 18.3 Å². The molecule has 4 aromatic rings. The van der Waals surface area contributed by atoms with Crippen LogP contribution in [0, 0.1) is 0 Å². The average molecular weight is 460 g/mol. The number of sulfonamides is 1. The normalized spacial score (nSPS) is 12.1. The van der Waals surface area contributed by atoms with Gasteiger partial charge in [0, 0.05) is 10.4 Å². The lowest BCUT2D eigenvalue weighted by Gasteiger charge is -2.05. The number of H-pyrrole nitrogens is 1. The predicted molar refractivity (Wildman–Crippen MR) is 113 cm³/mol. The van der Waals surface area contributed by atoms with Crippen LogP contribution in [-0.4, -0.2) is 34.2 Å². The fourth-order valence-corrected chi connectivity index (χ4v) is 3.58. The zero-order valence-electron chi connectivity index (χ0n) is 15.5. The number of nitrogens with one attached hydrogen (secondary N) is 1. The standard InChI is InChI=1S/C18H14ClN7O4S/c19-9-1-6-14-12(7-9)15(18(28)23-14)24-25-17(27)13-8-22-26(16(13)20)10-2-4-11(5-3-10)31(21,29)30/h1-8,23,28H,20H2,(H2,21,29,30). The summed E-state index contributed by atoms with van der Waals surface area (Å²) < 4.78 is 24.0. The Labute approximate surface area is 180 Å². The molecule has 0 radical (unpaired) electrons. The van der Waals surface area contributed by atoms with Gasteiger partial charge in [0.15, 0.2) is 5.69 Å². The number of aromatic nitrogens is 3. The Morgan fingerprint density at radius 2 is 1.90 bits per heavy atom. The van der Waals surface area contributed by atoms with Crippen molar-refractivity contribution in [3.63, 3.8) is 0 Å². The van der Waals surface area contributed by atoms with Crippen molar-refractivity contribution in [3.8, 4) is 11.6 Å². The first-order valence-electron chi connectivity index (χ1n) is 8.58. The first-order chi connectivity index (χ1) is 14.6. The Morgan fingerprint density at radius 1 is 1.19 bits per heavy atom. The second-order valence-corrected chi connectivity index (χ2v) is 8.41. The molecule has 0 saturated carbocycles. The Bertz CT molecular complexity index is 1460. The van der Waals surface area contributed by atoms with E-state index in [-0.39, 0.29) is 27.8 Å². The van der Waals surface area contributed by atoms with Crippen molar-refractivity contribution in [1.82, 2.24) is 14.8 Å². The van der Waals surface area contributed by atoms with Crippen LogP contribution in [0.5, 0.6) is 5.88 Å². The maximum Gasteiger partial charge on any atom is 0.300 e. The van der Waals surface area contributed by atoms with Gasteiger partial charge in [-0.25, -0.2) is 18.2 Å². The molecule has 6 N–H and O–H groups in total. The number of primary sulfonamides is 1. The summed E-state index contributed by atoms with van der Waals surface area (Å²) in [5.41, 5.74) is 7.01. The molecular formula is C18H14ClN7O4S. The monoisotopic (exact) mass is 459 g/mol. The summed E-state index contributed by atoms with van der Waals surface area (Å²) in [6.45, 7) is 0. The highest BCUT2D eigenvalue weighted by atomic mass is 35.5. The highest BCUT2D eigenvalue weighted by molar-refractivity contribution is 7.89. The lowest BCUT2D eigenvalue weighted by molar-refractivity contribution is 0.0996. The van der Waals surface area contributed by atoms with E-state index in [0.29, 0.717) is 21.6 Å². The summed E-state index contributed by atoms with van der Waals surface area (Å²) in [5, 5.41) is 27.5. The van der Waals surface area contributed by atoms with Gasteiger partial charge in [-0.3, -0.25) is 4.79 Å². The number of amides is 1. The third kappa shape index (κ3) is 3.86. The number of azo groups is 1. The van der Waals surface area contributed by atoms with Crippen molar-refractivity contribution in [1.29, 1.82) is 0 Å². The fourth-order valence-electron chi connectivity index (χ4n) is 2.89. The van der Waals surface area contributed by atoms with Gasteiger partial charge in [-0.15, -0.1) is 10.2 Å². The van der Waals surface area contributed by atoms with Crippen molar-refractivity contribution in [3.05, 3.63) is 59.2 Å². The van der Waals surface area contributed by atoms with Gasteiger partial charge in [0.05, 0.1) is 22.3 Å². The van der Waals surface area contributed by atoms with Crippen molar-refractivity contribution < 1.29 is 18.3 Å². The number of fused-ring (bicyclic) bond motifs is 1. The van der Waals surface area contributed by atoms with E-state index in [1.165, 1.54) is 35.1 Å². The number of nitrogens with zero attached hydrogens (tertiary/aromatic N) is 4. The number of rotatable bonds is 4. The molecule has 0 aliphatic rings. The molecule has 31 heavy (non-hydrogen) atoms. The molecule has 0 unspecified atom stereocenters. The third-order valence-corrected chi connectivity index (χ3v) is 5.57. The molecular weight excluding hydrogens is 446 g/mol. The number of nitrogen functional groups attached to an aromatic ring is 1. The van der Waals surface area contributed by atoms with Gasteiger partial charge in [0.1, 0.15) is 11.4 Å². The maximum absolute atomic E-state index is 12.5. The molecule has 2 heterocycles. The highest BCUT2D eigenvalue weighted by Gasteiger charge is 2.18. The van der Waals surface area contributed by atoms with Gasteiger partial charge in [0.2, 0.25) is 15.9 Å². The Kier molecular flexibility index (Phi) is 4.97. The molecule has 1 amide bonds. The van der Waals surface area contributed by atoms with Crippen LogP contribution in [0.4, 0.5) is 11.5 Å². The van der Waals surface area contributed by atoms with E-state index in [0.717, 1.165) is 0 Å². The van der Waals surface area contributed by atoms with E-state index in [4.69, 9.17) is 22.5 Å². The second kappa shape index (κ2) is 7.50. The van der Waals surface area contributed by atoms with E-state index in [1.807, 2.05) is 0 Å². The predicted octanol–water partition coefficient (Wildman–Crippen LogP) is 2.87. The summed E-state index contributed by atoms with van der Waals surface area (Å²) >= 11 is 5.97. The number of anilines is 1. The van der Waals surface area contributed by atoms with Crippen LogP contribution in [0.15, 0.2) is 63.8 Å². The van der Waals surface area contributed by atoms with Crippen molar-refractivity contribution in [2.75, 3.05) is 5.73 Å². The first-order valence-corrected chi connectivity index (χ1v) is 10.5. The minimum absolute atomic E-state index is 0.0292. The Hall–Kier alpha value is -3.74. The van der Waals surface area contributed by atoms with Gasteiger partial charge in [0.25, 0.3) is 0 Å². The SMILES string of the molecule is Nc1c(C(=O)N=Nc2c(O)[nH]c3ccc(Cl)cc23)cnn1-c1ccc(S(N)(=O)=O)cc1. The second-order valence-electron chi connectivity index (χ2n) is 6.41. The zero-order chi connectivity index (χ0) is 22.3.